The number of nitrogens with one attached hydrogen (secondary N) is 2. The summed E-state index contributed by atoms with van der Waals surface area (Å²) in [5.74, 6) is -1.59. The SMILES string of the molecule is CC[C@H]1C(=O)NC(=O)N[C@@H]1C(=O)OC. The van der Waals surface area contributed by atoms with Crippen LogP contribution in [0.1, 0.15) is 13.3 Å². The first-order chi connectivity index (χ1) is 6.60. The molecule has 14 heavy (non-hydrogen) atoms. The molecule has 0 saturated carbocycles. The fraction of sp³-hybridized carbons (Fsp3) is 0.625. The molecular weight excluding hydrogens is 188 g/mol. The number of imide groups is 1. The van der Waals surface area contributed by atoms with Gasteiger partial charge >= 0.3 is 12.0 Å². The number of esters is 1. The minimum absolute atomic E-state index is 0.438. The Morgan fingerprint density at radius 1 is 1.50 bits per heavy atom. The molecule has 6 heteroatoms. The minimum atomic E-state index is -0.869. The van der Waals surface area contributed by atoms with Gasteiger partial charge in [-0.05, 0) is 6.42 Å². The van der Waals surface area contributed by atoms with Crippen LogP contribution in [-0.4, -0.2) is 31.1 Å². The molecule has 0 aromatic heterocycles. The van der Waals surface area contributed by atoms with Crippen molar-refractivity contribution in [1.82, 2.24) is 10.6 Å². The van der Waals surface area contributed by atoms with Crippen LogP contribution in [0.2, 0.25) is 0 Å². The Morgan fingerprint density at radius 2 is 2.14 bits per heavy atom. The van der Waals surface area contributed by atoms with Crippen molar-refractivity contribution in [2.24, 2.45) is 5.92 Å². The Balaban J connectivity index is 2.83. The van der Waals surface area contributed by atoms with E-state index in [0.717, 1.165) is 0 Å². The number of methoxy groups -OCH3 is 1. The van der Waals surface area contributed by atoms with Gasteiger partial charge in [-0.3, -0.25) is 10.1 Å². The second-order valence-corrected chi connectivity index (χ2v) is 2.98. The second-order valence-electron chi connectivity index (χ2n) is 2.98. The van der Waals surface area contributed by atoms with E-state index in [0.29, 0.717) is 6.42 Å². The van der Waals surface area contributed by atoms with Gasteiger partial charge in [0.05, 0.1) is 13.0 Å². The van der Waals surface area contributed by atoms with Crippen LogP contribution in [0.3, 0.4) is 0 Å². The van der Waals surface area contributed by atoms with Crippen molar-refractivity contribution in [3.63, 3.8) is 0 Å². The molecule has 1 aliphatic rings. The van der Waals surface area contributed by atoms with E-state index in [-0.39, 0.29) is 0 Å². The van der Waals surface area contributed by atoms with Gasteiger partial charge in [-0.2, -0.15) is 0 Å². The molecule has 1 rings (SSSR count). The molecule has 3 amide bonds. The maximum atomic E-state index is 11.3. The van der Waals surface area contributed by atoms with Gasteiger partial charge in [0, 0.05) is 0 Å². The smallest absolute Gasteiger partial charge is 0.329 e. The summed E-state index contributed by atoms with van der Waals surface area (Å²) in [5, 5.41) is 4.45. The van der Waals surface area contributed by atoms with Gasteiger partial charge in [-0.1, -0.05) is 6.92 Å². The average Bonchev–Trinajstić information content (AvgIpc) is 2.15. The lowest BCUT2D eigenvalue weighted by atomic mass is 9.94. The second kappa shape index (κ2) is 4.08. The molecule has 0 bridgehead atoms. The number of carbonyl (C=O) groups excluding carboxylic acids is 3. The third-order valence-corrected chi connectivity index (χ3v) is 2.16. The molecule has 1 fully saturated rings. The summed E-state index contributed by atoms with van der Waals surface area (Å²) in [6.45, 7) is 1.76. The summed E-state index contributed by atoms with van der Waals surface area (Å²) in [6, 6.07) is -1.53. The highest BCUT2D eigenvalue weighted by Crippen LogP contribution is 2.13. The largest absolute Gasteiger partial charge is 0.467 e. The predicted molar refractivity (Wildman–Crippen MR) is 46.3 cm³/mol. The van der Waals surface area contributed by atoms with Crippen molar-refractivity contribution in [3.05, 3.63) is 0 Å². The number of hydrogen-bond donors (Lipinski definition) is 2. The van der Waals surface area contributed by atoms with E-state index in [9.17, 15) is 14.4 Å². The number of rotatable bonds is 2. The standard InChI is InChI=1S/C8H12N2O4/c1-3-4-5(7(12)14-2)9-8(13)10-6(4)11/h4-5H,3H2,1-2H3,(H2,9,10,11,13)/t4-,5+/m1/s1. The molecule has 0 radical (unpaired) electrons. The van der Waals surface area contributed by atoms with Gasteiger partial charge in [-0.15, -0.1) is 0 Å². The van der Waals surface area contributed by atoms with E-state index in [2.05, 4.69) is 15.4 Å². The zero-order chi connectivity index (χ0) is 10.7. The molecule has 1 saturated heterocycles. The van der Waals surface area contributed by atoms with E-state index in [1.54, 1.807) is 6.92 Å². The van der Waals surface area contributed by atoms with E-state index in [1.165, 1.54) is 7.11 Å². The number of carbonyl (C=O) groups is 3. The lowest BCUT2D eigenvalue weighted by Crippen LogP contribution is -2.61. The van der Waals surface area contributed by atoms with Crippen LogP contribution in [0.5, 0.6) is 0 Å². The van der Waals surface area contributed by atoms with E-state index < -0.39 is 29.9 Å². The third-order valence-electron chi connectivity index (χ3n) is 2.16. The number of ether oxygens (including phenoxy) is 1. The van der Waals surface area contributed by atoms with Crippen molar-refractivity contribution in [2.45, 2.75) is 19.4 Å². The van der Waals surface area contributed by atoms with Gasteiger partial charge in [0.1, 0.15) is 6.04 Å². The molecule has 0 aliphatic carbocycles. The highest BCUT2D eigenvalue weighted by molar-refractivity contribution is 6.02. The molecule has 0 aromatic rings. The van der Waals surface area contributed by atoms with Crippen LogP contribution in [0, 0.1) is 5.92 Å². The number of urea groups is 1. The van der Waals surface area contributed by atoms with Gasteiger partial charge in [0.2, 0.25) is 5.91 Å². The van der Waals surface area contributed by atoms with Crippen molar-refractivity contribution < 1.29 is 19.1 Å². The van der Waals surface area contributed by atoms with Gasteiger partial charge < -0.3 is 10.1 Å². The fourth-order valence-corrected chi connectivity index (χ4v) is 1.41. The molecule has 0 aromatic carbocycles. The molecule has 1 heterocycles. The van der Waals surface area contributed by atoms with Crippen LogP contribution in [-0.2, 0) is 14.3 Å². The maximum absolute atomic E-state index is 11.3. The van der Waals surface area contributed by atoms with E-state index >= 15 is 0 Å². The lowest BCUT2D eigenvalue weighted by molar-refractivity contribution is -0.147. The van der Waals surface area contributed by atoms with Crippen molar-refractivity contribution >= 4 is 17.9 Å². The van der Waals surface area contributed by atoms with Gasteiger partial charge in [-0.25, -0.2) is 9.59 Å². The summed E-state index contributed by atoms with van der Waals surface area (Å²) < 4.78 is 4.48. The van der Waals surface area contributed by atoms with Crippen molar-refractivity contribution in [2.75, 3.05) is 7.11 Å². The zero-order valence-electron chi connectivity index (χ0n) is 7.99. The third kappa shape index (κ3) is 1.84. The Kier molecular flexibility index (Phi) is 3.06. The highest BCUT2D eigenvalue weighted by Gasteiger charge is 2.39. The van der Waals surface area contributed by atoms with E-state index in [4.69, 9.17) is 0 Å². The molecule has 78 valence electrons. The summed E-state index contributed by atoms with van der Waals surface area (Å²) in [4.78, 5) is 33.4. The predicted octanol–water partition coefficient (Wildman–Crippen LogP) is -0.606. The molecule has 6 nitrogen and oxygen atoms in total. The fourth-order valence-electron chi connectivity index (χ4n) is 1.41. The molecular formula is C8H12N2O4. The minimum Gasteiger partial charge on any atom is -0.467 e. The highest BCUT2D eigenvalue weighted by atomic mass is 16.5. The number of amides is 3. The Labute approximate surface area is 81.0 Å². The molecule has 2 N–H and O–H groups in total. The van der Waals surface area contributed by atoms with Crippen molar-refractivity contribution in [1.29, 1.82) is 0 Å². The van der Waals surface area contributed by atoms with Crippen LogP contribution in [0.15, 0.2) is 0 Å². The van der Waals surface area contributed by atoms with Crippen LogP contribution in [0.4, 0.5) is 4.79 Å². The first-order valence-corrected chi connectivity index (χ1v) is 4.29. The molecule has 2 atom stereocenters. The normalized spacial score (nSPS) is 26.4. The van der Waals surface area contributed by atoms with Gasteiger partial charge in [0.15, 0.2) is 0 Å². The summed E-state index contributed by atoms with van der Waals surface area (Å²) in [6.07, 6.45) is 0.464. The molecule has 1 aliphatic heterocycles. The number of hydrogen-bond acceptors (Lipinski definition) is 4. The summed E-state index contributed by atoms with van der Waals surface area (Å²) in [7, 11) is 1.22. The van der Waals surface area contributed by atoms with E-state index in [1.807, 2.05) is 0 Å². The maximum Gasteiger partial charge on any atom is 0.329 e. The summed E-state index contributed by atoms with van der Waals surface area (Å²) in [5.41, 5.74) is 0. The zero-order valence-corrected chi connectivity index (χ0v) is 7.99. The summed E-state index contributed by atoms with van der Waals surface area (Å²) >= 11 is 0. The van der Waals surface area contributed by atoms with Crippen LogP contribution < -0.4 is 10.6 Å². The lowest BCUT2D eigenvalue weighted by Gasteiger charge is -2.28. The Morgan fingerprint density at radius 3 is 2.64 bits per heavy atom. The quantitative estimate of drug-likeness (QED) is 0.582. The van der Waals surface area contributed by atoms with Crippen molar-refractivity contribution in [3.8, 4) is 0 Å². The van der Waals surface area contributed by atoms with Crippen LogP contribution in [0.25, 0.3) is 0 Å². The Hall–Kier alpha value is -1.59. The first-order valence-electron chi connectivity index (χ1n) is 4.29. The monoisotopic (exact) mass is 200 g/mol. The molecule has 0 unspecified atom stereocenters. The first kappa shape index (κ1) is 10.5. The van der Waals surface area contributed by atoms with Gasteiger partial charge in [0.25, 0.3) is 0 Å². The topological polar surface area (TPSA) is 84.5 Å². The average molecular weight is 200 g/mol. The Bertz CT molecular complexity index is 277. The molecule has 0 spiro atoms. The van der Waals surface area contributed by atoms with Crippen LogP contribution >= 0.6 is 0 Å².